The van der Waals surface area contributed by atoms with Crippen LogP contribution < -0.4 is 5.32 Å². The first-order valence-corrected chi connectivity index (χ1v) is 14.1. The molecule has 194 valence electrons. The van der Waals surface area contributed by atoms with Gasteiger partial charge in [0.1, 0.15) is 11.5 Å². The van der Waals surface area contributed by atoms with Gasteiger partial charge in [-0.1, -0.05) is 35.5 Å². The summed E-state index contributed by atoms with van der Waals surface area (Å²) in [5.74, 6) is -1.03. The van der Waals surface area contributed by atoms with E-state index in [1.165, 1.54) is 33.7 Å². The van der Waals surface area contributed by atoms with Crippen LogP contribution in [0.5, 0.6) is 0 Å². The maximum atomic E-state index is 14.0. The molecule has 0 spiro atoms. The van der Waals surface area contributed by atoms with Crippen LogP contribution in [0.15, 0.2) is 51.9 Å². The predicted molar refractivity (Wildman–Crippen MR) is 140 cm³/mol. The summed E-state index contributed by atoms with van der Waals surface area (Å²) in [4.78, 5) is 13.2. The second kappa shape index (κ2) is 10.6. The Bertz CT molecular complexity index is 1450. The lowest BCUT2D eigenvalue weighted by molar-refractivity contribution is -0.120. The van der Waals surface area contributed by atoms with Gasteiger partial charge in [-0.25, -0.2) is 12.8 Å². The Morgan fingerprint density at radius 2 is 1.92 bits per heavy atom. The highest BCUT2D eigenvalue weighted by molar-refractivity contribution is 7.89. The fourth-order valence-electron chi connectivity index (χ4n) is 5.21. The van der Waals surface area contributed by atoms with Crippen molar-refractivity contribution in [1.29, 1.82) is 0 Å². The van der Waals surface area contributed by atoms with E-state index in [4.69, 9.17) is 4.52 Å². The van der Waals surface area contributed by atoms with Crippen LogP contribution in [0.2, 0.25) is 0 Å². The molecule has 2 heterocycles. The summed E-state index contributed by atoms with van der Waals surface area (Å²) in [7, 11) is -4.00. The number of fused-ring (bicyclic) bond motifs is 1. The Morgan fingerprint density at radius 1 is 1.11 bits per heavy atom. The molecule has 0 bridgehead atoms. The number of hydrogen-bond donors (Lipinski definition) is 1. The molecular formula is C28H30FN3O4S. The van der Waals surface area contributed by atoms with Crippen LogP contribution in [0, 0.1) is 18.7 Å². The van der Waals surface area contributed by atoms with Crippen LogP contribution in [-0.4, -0.2) is 36.9 Å². The number of sulfonamides is 1. The number of aryl methyl sites for hydroxylation is 2. The number of nitrogens with zero attached hydrogens (tertiary/aromatic N) is 2. The Labute approximate surface area is 216 Å². The van der Waals surface area contributed by atoms with Crippen molar-refractivity contribution >= 4 is 33.8 Å². The van der Waals surface area contributed by atoms with Gasteiger partial charge in [-0.15, -0.1) is 0 Å². The number of carbonyl (C=O) groups is 1. The SMILES string of the molecule is Cc1noc(/C=C/c2ccccc2F)c1S(=O)(=O)N1CCC[C@H](C(=O)Nc2cccc3c2CCCC3)C1. The highest BCUT2D eigenvalue weighted by Gasteiger charge is 2.37. The van der Waals surface area contributed by atoms with Gasteiger partial charge in [0.05, 0.1) is 5.92 Å². The van der Waals surface area contributed by atoms with Gasteiger partial charge in [0.15, 0.2) is 10.7 Å². The number of rotatable bonds is 6. The van der Waals surface area contributed by atoms with Gasteiger partial charge in [-0.2, -0.15) is 4.31 Å². The summed E-state index contributed by atoms with van der Waals surface area (Å²) < 4.78 is 48.0. The van der Waals surface area contributed by atoms with Crippen molar-refractivity contribution in [3.63, 3.8) is 0 Å². The van der Waals surface area contributed by atoms with E-state index in [1.807, 2.05) is 12.1 Å². The standard InChI is InChI=1S/C28H30FN3O4S/c1-19-27(26(36-31-19)16-15-21-9-3-5-13-24(21)29)37(34,35)32-17-7-11-22(18-32)28(33)30-25-14-6-10-20-8-2-4-12-23(20)25/h3,5-6,9-10,13-16,22H,2,4,7-8,11-12,17-18H2,1H3,(H,30,33)/b16-15+/t22-/m0/s1. The van der Waals surface area contributed by atoms with E-state index < -0.39 is 21.8 Å². The zero-order valence-electron chi connectivity index (χ0n) is 20.7. The maximum absolute atomic E-state index is 14.0. The number of nitrogens with one attached hydrogen (secondary N) is 1. The van der Waals surface area contributed by atoms with E-state index in [2.05, 4.69) is 16.5 Å². The lowest BCUT2D eigenvalue weighted by Crippen LogP contribution is -2.44. The Balaban J connectivity index is 1.35. The fraction of sp³-hybridized carbons (Fsp3) is 0.357. The number of benzene rings is 2. The minimum Gasteiger partial charge on any atom is -0.355 e. The second-order valence-corrected chi connectivity index (χ2v) is 11.5. The highest BCUT2D eigenvalue weighted by Crippen LogP contribution is 2.31. The minimum atomic E-state index is -4.00. The molecule has 5 rings (SSSR count). The molecule has 0 unspecified atom stereocenters. The van der Waals surface area contributed by atoms with Crippen molar-refractivity contribution in [1.82, 2.24) is 9.46 Å². The smallest absolute Gasteiger partial charge is 0.248 e. The third-order valence-electron chi connectivity index (χ3n) is 7.16. The quantitative estimate of drug-likeness (QED) is 0.479. The molecule has 1 amide bonds. The summed E-state index contributed by atoms with van der Waals surface area (Å²) in [5.41, 5.74) is 3.82. The summed E-state index contributed by atoms with van der Waals surface area (Å²) in [6.07, 6.45) is 8.25. The van der Waals surface area contributed by atoms with E-state index in [9.17, 15) is 17.6 Å². The second-order valence-electron chi connectivity index (χ2n) is 9.66. The average Bonchev–Trinajstić information content (AvgIpc) is 3.29. The molecular weight excluding hydrogens is 493 g/mol. The minimum absolute atomic E-state index is 0.0308. The molecule has 3 aromatic rings. The van der Waals surface area contributed by atoms with Crippen LogP contribution in [0.25, 0.3) is 12.2 Å². The highest BCUT2D eigenvalue weighted by atomic mass is 32.2. The lowest BCUT2D eigenvalue weighted by atomic mass is 9.90. The van der Waals surface area contributed by atoms with Gasteiger partial charge in [0.25, 0.3) is 0 Å². The van der Waals surface area contributed by atoms with Crippen molar-refractivity contribution in [2.75, 3.05) is 18.4 Å². The van der Waals surface area contributed by atoms with Crippen molar-refractivity contribution < 1.29 is 22.1 Å². The van der Waals surface area contributed by atoms with E-state index in [-0.39, 0.29) is 28.8 Å². The predicted octanol–water partition coefficient (Wildman–Crippen LogP) is 5.21. The molecule has 9 heteroatoms. The van der Waals surface area contributed by atoms with Crippen molar-refractivity contribution in [3.05, 3.63) is 76.4 Å². The first kappa shape index (κ1) is 25.4. The molecule has 1 aliphatic heterocycles. The molecule has 7 nitrogen and oxygen atoms in total. The molecule has 1 aromatic heterocycles. The third kappa shape index (κ3) is 5.24. The van der Waals surface area contributed by atoms with Crippen LogP contribution in [-0.2, 0) is 27.7 Å². The number of hydrogen-bond acceptors (Lipinski definition) is 5. The molecule has 37 heavy (non-hydrogen) atoms. The van der Waals surface area contributed by atoms with Gasteiger partial charge in [0, 0.05) is 24.3 Å². The molecule has 1 atom stereocenters. The average molecular weight is 524 g/mol. The molecule has 2 aromatic carbocycles. The summed E-state index contributed by atoms with van der Waals surface area (Å²) >= 11 is 0. The largest absolute Gasteiger partial charge is 0.355 e. The number of aromatic nitrogens is 1. The van der Waals surface area contributed by atoms with Crippen LogP contribution in [0.4, 0.5) is 10.1 Å². The van der Waals surface area contributed by atoms with Crippen LogP contribution in [0.1, 0.15) is 53.8 Å². The Kier molecular flexibility index (Phi) is 7.26. The first-order chi connectivity index (χ1) is 17.8. The van der Waals surface area contributed by atoms with Gasteiger partial charge in [0.2, 0.25) is 15.9 Å². The number of carbonyl (C=O) groups excluding carboxylic acids is 1. The normalized spacial score (nSPS) is 18.6. The number of anilines is 1. The summed E-state index contributed by atoms with van der Waals surface area (Å²) in [6.45, 7) is 1.93. The number of halogens is 1. The van der Waals surface area contributed by atoms with Crippen LogP contribution >= 0.6 is 0 Å². The van der Waals surface area contributed by atoms with Crippen molar-refractivity contribution in [2.24, 2.45) is 5.92 Å². The van der Waals surface area contributed by atoms with Crippen molar-refractivity contribution in [2.45, 2.75) is 50.3 Å². The van der Waals surface area contributed by atoms with E-state index in [0.29, 0.717) is 24.9 Å². The zero-order chi connectivity index (χ0) is 26.0. The van der Waals surface area contributed by atoms with Crippen LogP contribution in [0.3, 0.4) is 0 Å². The molecule has 0 saturated carbocycles. The van der Waals surface area contributed by atoms with Gasteiger partial charge in [-0.05, 0) is 80.9 Å². The van der Waals surface area contributed by atoms with E-state index >= 15 is 0 Å². The Hall–Kier alpha value is -3.30. The van der Waals surface area contributed by atoms with E-state index in [1.54, 1.807) is 25.1 Å². The summed E-state index contributed by atoms with van der Waals surface area (Å²) in [6, 6.07) is 12.2. The lowest BCUT2D eigenvalue weighted by Gasteiger charge is -2.31. The van der Waals surface area contributed by atoms with Crippen molar-refractivity contribution in [3.8, 4) is 0 Å². The van der Waals surface area contributed by atoms with E-state index in [0.717, 1.165) is 31.4 Å². The van der Waals surface area contributed by atoms with Gasteiger partial charge in [-0.3, -0.25) is 4.79 Å². The molecule has 1 aliphatic carbocycles. The fourth-order valence-corrected chi connectivity index (χ4v) is 6.99. The topological polar surface area (TPSA) is 92.5 Å². The molecule has 1 saturated heterocycles. The third-order valence-corrected chi connectivity index (χ3v) is 9.18. The molecule has 1 fully saturated rings. The Morgan fingerprint density at radius 3 is 2.76 bits per heavy atom. The molecule has 1 N–H and O–H groups in total. The number of piperidine rings is 1. The zero-order valence-corrected chi connectivity index (χ0v) is 21.6. The number of amides is 1. The van der Waals surface area contributed by atoms with Gasteiger partial charge >= 0.3 is 0 Å². The molecule has 2 aliphatic rings. The molecule has 0 radical (unpaired) electrons. The monoisotopic (exact) mass is 523 g/mol. The first-order valence-electron chi connectivity index (χ1n) is 12.7. The van der Waals surface area contributed by atoms with Gasteiger partial charge < -0.3 is 9.84 Å². The maximum Gasteiger partial charge on any atom is 0.248 e. The summed E-state index contributed by atoms with van der Waals surface area (Å²) in [5, 5.41) is 6.93.